The van der Waals surface area contributed by atoms with E-state index in [9.17, 15) is 4.79 Å². The Labute approximate surface area is 128 Å². The van der Waals surface area contributed by atoms with Gasteiger partial charge in [0, 0.05) is 40.2 Å². The van der Waals surface area contributed by atoms with Crippen molar-refractivity contribution >= 4 is 0 Å². The molecule has 0 fully saturated rings. The second-order valence-corrected chi connectivity index (χ2v) is 5.66. The van der Waals surface area contributed by atoms with Crippen LogP contribution in [0, 0.1) is 27.7 Å². The molecule has 0 saturated carbocycles. The number of H-pyrrole nitrogens is 1. The van der Waals surface area contributed by atoms with Crippen LogP contribution in [0.4, 0.5) is 0 Å². The molecule has 0 amide bonds. The molecule has 0 atom stereocenters. The van der Waals surface area contributed by atoms with Crippen LogP contribution in [0.15, 0.2) is 39.6 Å². The van der Waals surface area contributed by atoms with Crippen LogP contribution in [0.3, 0.4) is 0 Å². The Morgan fingerprint density at radius 1 is 1.05 bits per heavy atom. The van der Waals surface area contributed by atoms with Gasteiger partial charge in [0.25, 0.3) is 0 Å². The molecule has 3 rings (SSSR count). The molecule has 0 radical (unpaired) electrons. The molecule has 0 bridgehead atoms. The van der Waals surface area contributed by atoms with E-state index in [2.05, 4.69) is 10.1 Å². The minimum atomic E-state index is 0.0561. The quantitative estimate of drug-likeness (QED) is 0.779. The van der Waals surface area contributed by atoms with Gasteiger partial charge in [0.1, 0.15) is 0 Å². The van der Waals surface area contributed by atoms with Crippen LogP contribution in [0.25, 0.3) is 22.6 Å². The molecule has 2 heterocycles. The van der Waals surface area contributed by atoms with Crippen LogP contribution in [-0.4, -0.2) is 10.1 Å². The summed E-state index contributed by atoms with van der Waals surface area (Å²) in [6.07, 6.45) is 0. The minimum absolute atomic E-state index is 0.0561. The maximum atomic E-state index is 12.0. The highest BCUT2D eigenvalue weighted by atomic mass is 16.5. The summed E-state index contributed by atoms with van der Waals surface area (Å²) in [4.78, 5) is 15.3. The Morgan fingerprint density at radius 3 is 2.41 bits per heavy atom. The van der Waals surface area contributed by atoms with Crippen molar-refractivity contribution in [2.45, 2.75) is 27.7 Å². The molecular weight excluding hydrogens is 276 g/mol. The fourth-order valence-electron chi connectivity index (χ4n) is 2.52. The lowest BCUT2D eigenvalue weighted by molar-refractivity contribution is 0.427. The van der Waals surface area contributed by atoms with Crippen molar-refractivity contribution in [2.24, 2.45) is 0 Å². The highest BCUT2D eigenvalue weighted by molar-refractivity contribution is 5.70. The molecule has 3 aromatic rings. The highest BCUT2D eigenvalue weighted by Crippen LogP contribution is 2.27. The lowest BCUT2D eigenvalue weighted by Gasteiger charge is -2.10. The summed E-state index contributed by atoms with van der Waals surface area (Å²) in [5.74, 6) is 0.751. The van der Waals surface area contributed by atoms with E-state index in [0.717, 1.165) is 45.1 Å². The van der Waals surface area contributed by atoms with E-state index in [1.54, 1.807) is 6.07 Å². The summed E-state index contributed by atoms with van der Waals surface area (Å²) in [7, 11) is 0. The Bertz CT molecular complexity index is 904. The number of aromatic nitrogens is 2. The molecule has 22 heavy (non-hydrogen) atoms. The second-order valence-electron chi connectivity index (χ2n) is 5.66. The summed E-state index contributed by atoms with van der Waals surface area (Å²) in [5, 5.41) is 3.91. The fourth-order valence-corrected chi connectivity index (χ4v) is 2.52. The van der Waals surface area contributed by atoms with Gasteiger partial charge in [0.2, 0.25) is 0 Å². The van der Waals surface area contributed by atoms with Gasteiger partial charge in [-0.3, -0.25) is 4.79 Å². The molecule has 0 saturated heterocycles. The lowest BCUT2D eigenvalue weighted by Crippen LogP contribution is -2.08. The monoisotopic (exact) mass is 294 g/mol. The number of hydrogen-bond acceptors (Lipinski definition) is 3. The van der Waals surface area contributed by atoms with Crippen LogP contribution >= 0.6 is 0 Å². The van der Waals surface area contributed by atoms with Crippen molar-refractivity contribution in [3.63, 3.8) is 0 Å². The molecule has 112 valence electrons. The summed E-state index contributed by atoms with van der Waals surface area (Å²) in [6, 6.07) is 9.59. The van der Waals surface area contributed by atoms with Gasteiger partial charge < -0.3 is 9.51 Å². The Kier molecular flexibility index (Phi) is 3.45. The second kappa shape index (κ2) is 5.30. The molecule has 2 aromatic heterocycles. The summed E-state index contributed by atoms with van der Waals surface area (Å²) >= 11 is 0. The number of nitrogens with zero attached hydrogens (tertiary/aromatic N) is 1. The van der Waals surface area contributed by atoms with Crippen LogP contribution < -0.4 is 5.43 Å². The SMILES string of the molecule is Cc1cc(-c2ccc(-c3cc(=O)c(C)c(C)[nH]3)c(C)c2)on1. The Morgan fingerprint density at radius 2 is 1.82 bits per heavy atom. The molecule has 1 N–H and O–H groups in total. The first-order chi connectivity index (χ1) is 10.5. The standard InChI is InChI=1S/C18H18N2O2/c1-10-7-14(18-8-11(2)20-22-18)5-6-15(10)16-9-17(21)12(3)13(4)19-16/h5-9H,1-4H3,(H,19,21). The predicted molar refractivity (Wildman–Crippen MR) is 86.9 cm³/mol. The van der Waals surface area contributed by atoms with Crippen molar-refractivity contribution < 1.29 is 4.52 Å². The van der Waals surface area contributed by atoms with E-state index < -0.39 is 0 Å². The molecule has 4 heteroatoms. The Balaban J connectivity index is 2.08. The van der Waals surface area contributed by atoms with Gasteiger partial charge in [-0.05, 0) is 39.3 Å². The van der Waals surface area contributed by atoms with Crippen LogP contribution in [0.2, 0.25) is 0 Å². The fraction of sp³-hybridized carbons (Fsp3) is 0.222. The smallest absolute Gasteiger partial charge is 0.185 e. The van der Waals surface area contributed by atoms with E-state index in [1.807, 2.05) is 52.0 Å². The van der Waals surface area contributed by atoms with Crippen molar-refractivity contribution in [2.75, 3.05) is 0 Å². The van der Waals surface area contributed by atoms with Gasteiger partial charge in [0.15, 0.2) is 11.2 Å². The molecule has 0 unspecified atom stereocenters. The molecule has 0 aliphatic carbocycles. The van der Waals surface area contributed by atoms with E-state index in [4.69, 9.17) is 4.52 Å². The van der Waals surface area contributed by atoms with Gasteiger partial charge in [-0.2, -0.15) is 0 Å². The zero-order chi connectivity index (χ0) is 15.9. The average Bonchev–Trinajstić information content (AvgIpc) is 2.91. The average molecular weight is 294 g/mol. The maximum Gasteiger partial charge on any atom is 0.185 e. The molecule has 0 aliphatic rings. The predicted octanol–water partition coefficient (Wildman–Crippen LogP) is 3.93. The molecule has 0 aliphatic heterocycles. The minimum Gasteiger partial charge on any atom is -0.358 e. The third-order valence-electron chi connectivity index (χ3n) is 3.96. The summed E-state index contributed by atoms with van der Waals surface area (Å²) < 4.78 is 5.30. The van der Waals surface area contributed by atoms with Crippen molar-refractivity contribution in [3.8, 4) is 22.6 Å². The van der Waals surface area contributed by atoms with Gasteiger partial charge in [0.05, 0.1) is 5.69 Å². The van der Waals surface area contributed by atoms with E-state index in [1.165, 1.54) is 0 Å². The first-order valence-corrected chi connectivity index (χ1v) is 7.21. The number of nitrogens with one attached hydrogen (secondary N) is 1. The molecule has 0 spiro atoms. The van der Waals surface area contributed by atoms with Gasteiger partial charge in [-0.25, -0.2) is 0 Å². The molecule has 4 nitrogen and oxygen atoms in total. The topological polar surface area (TPSA) is 58.9 Å². The number of pyridine rings is 1. The van der Waals surface area contributed by atoms with Gasteiger partial charge in [-0.1, -0.05) is 17.3 Å². The normalized spacial score (nSPS) is 10.9. The third kappa shape index (κ3) is 2.48. The number of hydrogen-bond donors (Lipinski definition) is 1. The van der Waals surface area contributed by atoms with Crippen molar-refractivity contribution in [1.29, 1.82) is 0 Å². The van der Waals surface area contributed by atoms with E-state index in [-0.39, 0.29) is 5.43 Å². The van der Waals surface area contributed by atoms with Gasteiger partial charge >= 0.3 is 0 Å². The number of rotatable bonds is 2. The number of aryl methyl sites for hydroxylation is 3. The van der Waals surface area contributed by atoms with Crippen molar-refractivity contribution in [1.82, 2.24) is 10.1 Å². The van der Waals surface area contributed by atoms with Crippen molar-refractivity contribution in [3.05, 3.63) is 63.1 Å². The highest BCUT2D eigenvalue weighted by Gasteiger charge is 2.10. The zero-order valence-corrected chi connectivity index (χ0v) is 13.2. The lowest BCUT2D eigenvalue weighted by atomic mass is 10.00. The maximum absolute atomic E-state index is 12.0. The van der Waals surface area contributed by atoms with E-state index >= 15 is 0 Å². The number of benzene rings is 1. The summed E-state index contributed by atoms with van der Waals surface area (Å²) in [6.45, 7) is 7.67. The largest absolute Gasteiger partial charge is 0.358 e. The summed E-state index contributed by atoms with van der Waals surface area (Å²) in [5.41, 5.74) is 6.48. The number of aromatic amines is 1. The molecule has 1 aromatic carbocycles. The van der Waals surface area contributed by atoms with Crippen LogP contribution in [0.5, 0.6) is 0 Å². The van der Waals surface area contributed by atoms with E-state index in [0.29, 0.717) is 0 Å². The van der Waals surface area contributed by atoms with Crippen LogP contribution in [0.1, 0.15) is 22.5 Å². The third-order valence-corrected chi connectivity index (χ3v) is 3.96. The first-order valence-electron chi connectivity index (χ1n) is 7.21. The Hall–Kier alpha value is -2.62. The van der Waals surface area contributed by atoms with Gasteiger partial charge in [-0.15, -0.1) is 0 Å². The zero-order valence-electron chi connectivity index (χ0n) is 13.2. The van der Waals surface area contributed by atoms with Crippen LogP contribution in [-0.2, 0) is 0 Å². The first kappa shape index (κ1) is 14.3. The molecular formula is C18H18N2O2.